The lowest BCUT2D eigenvalue weighted by Gasteiger charge is -2.33. The Balaban J connectivity index is 2.61. The molecule has 0 spiro atoms. The number of carboxylic acids is 1. The number of hydrogen-bond acceptors (Lipinski definition) is 3. The molecule has 0 aromatic heterocycles. The van der Waals surface area contributed by atoms with Crippen LogP contribution in [0, 0.1) is 11.8 Å². The van der Waals surface area contributed by atoms with Crippen molar-refractivity contribution >= 4 is 17.9 Å². The topological polar surface area (TPSA) is 113 Å². The summed E-state index contributed by atoms with van der Waals surface area (Å²) in [4.78, 5) is 35.8. The van der Waals surface area contributed by atoms with Crippen molar-refractivity contribution in [2.45, 2.75) is 39.2 Å². The molecule has 0 aliphatic carbocycles. The summed E-state index contributed by atoms with van der Waals surface area (Å²) in [7, 11) is 0. The second-order valence-corrected chi connectivity index (χ2v) is 5.63. The predicted octanol–water partition coefficient (Wildman–Crippen LogP) is 0.393. The number of primary amides is 1. The highest BCUT2D eigenvalue weighted by Gasteiger charge is 2.31. The molecule has 1 saturated heterocycles. The smallest absolute Gasteiger partial charge is 0.312 e. The molecule has 0 bridgehead atoms. The molecule has 114 valence electrons. The van der Waals surface area contributed by atoms with Crippen LogP contribution in [0.25, 0.3) is 0 Å². The molecular weight excluding hydrogens is 262 g/mol. The van der Waals surface area contributed by atoms with E-state index in [0.717, 1.165) is 0 Å². The Bertz CT molecular complexity index is 376. The summed E-state index contributed by atoms with van der Waals surface area (Å²) >= 11 is 0. The van der Waals surface area contributed by atoms with Gasteiger partial charge in [-0.3, -0.25) is 9.59 Å². The van der Waals surface area contributed by atoms with E-state index < -0.39 is 18.0 Å². The largest absolute Gasteiger partial charge is 0.481 e. The van der Waals surface area contributed by atoms with Crippen LogP contribution in [0.4, 0.5) is 4.79 Å². The van der Waals surface area contributed by atoms with Gasteiger partial charge in [-0.25, -0.2) is 4.79 Å². The van der Waals surface area contributed by atoms with Crippen LogP contribution in [0.1, 0.15) is 33.1 Å². The Morgan fingerprint density at radius 1 is 1.30 bits per heavy atom. The first kappa shape index (κ1) is 16.3. The van der Waals surface area contributed by atoms with Crippen molar-refractivity contribution in [2.24, 2.45) is 17.6 Å². The Labute approximate surface area is 118 Å². The quantitative estimate of drug-likeness (QED) is 0.678. The van der Waals surface area contributed by atoms with Crippen LogP contribution in [0.3, 0.4) is 0 Å². The van der Waals surface area contributed by atoms with Crippen LogP contribution in [0.15, 0.2) is 0 Å². The molecule has 0 aromatic rings. The van der Waals surface area contributed by atoms with Gasteiger partial charge in [0.05, 0.1) is 5.92 Å². The molecule has 0 radical (unpaired) electrons. The van der Waals surface area contributed by atoms with Crippen LogP contribution in [0.5, 0.6) is 0 Å². The molecule has 1 rings (SSSR count). The summed E-state index contributed by atoms with van der Waals surface area (Å²) in [6.45, 7) is 4.73. The molecular formula is C13H23N3O4. The summed E-state index contributed by atoms with van der Waals surface area (Å²) in [5.74, 6) is -1.13. The first-order chi connectivity index (χ1) is 9.31. The molecule has 7 nitrogen and oxygen atoms in total. The van der Waals surface area contributed by atoms with Crippen molar-refractivity contribution in [2.75, 3.05) is 13.1 Å². The first-order valence-corrected chi connectivity index (χ1v) is 6.88. The number of rotatable bonds is 5. The number of carboxylic acid groups (broad SMARTS) is 1. The summed E-state index contributed by atoms with van der Waals surface area (Å²) in [6, 6.07) is -1.35. The minimum absolute atomic E-state index is 0.179. The zero-order valence-electron chi connectivity index (χ0n) is 12.0. The van der Waals surface area contributed by atoms with Crippen molar-refractivity contribution in [3.8, 4) is 0 Å². The summed E-state index contributed by atoms with van der Waals surface area (Å²) in [5, 5.41) is 11.4. The van der Waals surface area contributed by atoms with E-state index >= 15 is 0 Å². The number of nitrogens with one attached hydrogen (secondary N) is 1. The van der Waals surface area contributed by atoms with Crippen LogP contribution < -0.4 is 11.1 Å². The Hall–Kier alpha value is -1.79. The number of amides is 3. The van der Waals surface area contributed by atoms with Gasteiger partial charge < -0.3 is 21.1 Å². The Kier molecular flexibility index (Phi) is 5.79. The van der Waals surface area contributed by atoms with Crippen LogP contribution in [-0.2, 0) is 9.59 Å². The number of aliphatic carboxylic acids is 1. The third-order valence-electron chi connectivity index (χ3n) is 3.48. The molecule has 3 amide bonds. The maximum Gasteiger partial charge on any atom is 0.312 e. The number of piperidine rings is 1. The second kappa shape index (κ2) is 7.12. The van der Waals surface area contributed by atoms with Gasteiger partial charge in [-0.2, -0.15) is 0 Å². The maximum absolute atomic E-state index is 12.4. The van der Waals surface area contributed by atoms with E-state index in [4.69, 9.17) is 10.8 Å². The average Bonchev–Trinajstić information content (AvgIpc) is 2.36. The summed E-state index contributed by atoms with van der Waals surface area (Å²) in [6.07, 6.45) is 1.42. The van der Waals surface area contributed by atoms with Crippen LogP contribution in [-0.4, -0.2) is 47.0 Å². The van der Waals surface area contributed by atoms with Gasteiger partial charge in [-0.1, -0.05) is 13.8 Å². The number of urea groups is 1. The molecule has 4 N–H and O–H groups in total. The second-order valence-electron chi connectivity index (χ2n) is 5.63. The molecule has 7 heteroatoms. The fourth-order valence-electron chi connectivity index (χ4n) is 2.43. The van der Waals surface area contributed by atoms with E-state index in [1.165, 1.54) is 0 Å². The summed E-state index contributed by atoms with van der Waals surface area (Å²) < 4.78 is 0. The standard InChI is InChI=1S/C13H23N3O4/c1-8(2)7-10(15-13(14)20)11(17)16-5-3-9(4-6-16)12(18)19/h8-10H,3-7H2,1-2H3,(H,18,19)(H3,14,15,20). The SMILES string of the molecule is CC(C)CC(NC(N)=O)C(=O)N1CCC(C(=O)O)CC1. The lowest BCUT2D eigenvalue weighted by Crippen LogP contribution is -2.52. The monoisotopic (exact) mass is 285 g/mol. The van der Waals surface area contributed by atoms with E-state index in [1.807, 2.05) is 13.8 Å². The van der Waals surface area contributed by atoms with Gasteiger partial charge in [0, 0.05) is 13.1 Å². The van der Waals surface area contributed by atoms with Crippen LogP contribution >= 0.6 is 0 Å². The fraction of sp³-hybridized carbons (Fsp3) is 0.769. The van der Waals surface area contributed by atoms with Gasteiger partial charge >= 0.3 is 12.0 Å². The number of carbonyl (C=O) groups excluding carboxylic acids is 2. The minimum atomic E-state index is -0.814. The van der Waals surface area contributed by atoms with Crippen LogP contribution in [0.2, 0.25) is 0 Å². The first-order valence-electron chi connectivity index (χ1n) is 6.88. The van der Waals surface area contributed by atoms with Gasteiger partial charge in [0.2, 0.25) is 5.91 Å². The average molecular weight is 285 g/mol. The zero-order valence-corrected chi connectivity index (χ0v) is 12.0. The van der Waals surface area contributed by atoms with Gasteiger partial charge in [0.15, 0.2) is 0 Å². The van der Waals surface area contributed by atoms with Crippen molar-refractivity contribution in [1.29, 1.82) is 0 Å². The normalized spacial score (nSPS) is 17.9. The molecule has 1 heterocycles. The summed E-state index contributed by atoms with van der Waals surface area (Å²) in [5.41, 5.74) is 5.10. The number of carbonyl (C=O) groups is 3. The molecule has 1 aliphatic heterocycles. The van der Waals surface area contributed by atoms with Gasteiger partial charge in [-0.05, 0) is 25.2 Å². The van der Waals surface area contributed by atoms with E-state index in [2.05, 4.69) is 5.32 Å². The third-order valence-corrected chi connectivity index (χ3v) is 3.48. The van der Waals surface area contributed by atoms with E-state index in [-0.39, 0.29) is 17.7 Å². The lowest BCUT2D eigenvalue weighted by molar-refractivity contribution is -0.146. The molecule has 1 atom stereocenters. The van der Waals surface area contributed by atoms with Gasteiger partial charge in [0.1, 0.15) is 6.04 Å². The van der Waals surface area contributed by atoms with E-state index in [0.29, 0.717) is 32.4 Å². The third kappa shape index (κ3) is 4.71. The Morgan fingerprint density at radius 2 is 1.85 bits per heavy atom. The molecule has 20 heavy (non-hydrogen) atoms. The van der Waals surface area contributed by atoms with Crippen molar-refractivity contribution in [3.63, 3.8) is 0 Å². The fourth-order valence-corrected chi connectivity index (χ4v) is 2.43. The van der Waals surface area contributed by atoms with Crippen molar-refractivity contribution in [3.05, 3.63) is 0 Å². The highest BCUT2D eigenvalue weighted by Crippen LogP contribution is 2.19. The molecule has 1 unspecified atom stereocenters. The lowest BCUT2D eigenvalue weighted by atomic mass is 9.95. The van der Waals surface area contributed by atoms with Crippen molar-refractivity contribution < 1.29 is 19.5 Å². The highest BCUT2D eigenvalue weighted by atomic mass is 16.4. The molecule has 0 aromatic carbocycles. The predicted molar refractivity (Wildman–Crippen MR) is 72.9 cm³/mol. The Morgan fingerprint density at radius 3 is 2.25 bits per heavy atom. The van der Waals surface area contributed by atoms with E-state index in [9.17, 15) is 14.4 Å². The zero-order chi connectivity index (χ0) is 15.3. The molecule has 0 saturated carbocycles. The van der Waals surface area contributed by atoms with E-state index in [1.54, 1.807) is 4.90 Å². The minimum Gasteiger partial charge on any atom is -0.481 e. The van der Waals surface area contributed by atoms with Gasteiger partial charge in [-0.15, -0.1) is 0 Å². The maximum atomic E-state index is 12.4. The molecule has 1 fully saturated rings. The number of nitrogens with two attached hydrogens (primary N) is 1. The van der Waals surface area contributed by atoms with Crippen molar-refractivity contribution in [1.82, 2.24) is 10.2 Å². The number of nitrogens with zero attached hydrogens (tertiary/aromatic N) is 1. The van der Waals surface area contributed by atoms with Gasteiger partial charge in [0.25, 0.3) is 0 Å². The number of likely N-dealkylation sites (tertiary alicyclic amines) is 1. The molecule has 1 aliphatic rings. The number of hydrogen-bond donors (Lipinski definition) is 3. The highest BCUT2D eigenvalue weighted by molar-refractivity contribution is 5.86.